The van der Waals surface area contributed by atoms with Gasteiger partial charge < -0.3 is 21.0 Å². The second-order valence-electron chi connectivity index (χ2n) is 8.13. The number of thiazole rings is 1. The second-order valence-corrected chi connectivity index (χ2v) is 11.4. The van der Waals surface area contributed by atoms with E-state index in [0.29, 0.717) is 0 Å². The molecule has 0 bridgehead atoms. The Labute approximate surface area is 223 Å². The van der Waals surface area contributed by atoms with Gasteiger partial charge in [-0.2, -0.15) is 31.8 Å². The number of aromatic nitrogens is 4. The van der Waals surface area contributed by atoms with Gasteiger partial charge in [-0.3, -0.25) is 18.7 Å². The average Bonchev–Trinajstić information content (AvgIpc) is 3.43. The van der Waals surface area contributed by atoms with E-state index in [1.807, 2.05) is 0 Å². The Bertz CT molecular complexity index is 1530. The first-order valence-electron chi connectivity index (χ1n) is 10.2. The number of oxime groups is 1. The molecule has 1 fully saturated rings. The van der Waals surface area contributed by atoms with Gasteiger partial charge in [0.2, 0.25) is 5.60 Å². The number of nitrogens with zero attached hydrogens (tertiary/aromatic N) is 6. The van der Waals surface area contributed by atoms with Crippen LogP contribution in [0.1, 0.15) is 25.2 Å². The van der Waals surface area contributed by atoms with Crippen molar-refractivity contribution in [1.82, 2.24) is 29.6 Å². The zero-order chi connectivity index (χ0) is 29.3. The van der Waals surface area contributed by atoms with Crippen molar-refractivity contribution in [2.45, 2.75) is 44.7 Å². The molecule has 0 aliphatic carbocycles. The Hall–Kier alpha value is -3.77. The number of rotatable bonds is 12. The fourth-order valence-electron chi connectivity index (χ4n) is 2.94. The Balaban J connectivity index is 1.85. The van der Waals surface area contributed by atoms with Crippen molar-refractivity contribution in [2.24, 2.45) is 5.16 Å². The summed E-state index contributed by atoms with van der Waals surface area (Å²) >= 11 is 0.906. The fourth-order valence-corrected chi connectivity index (χ4v) is 4.63. The van der Waals surface area contributed by atoms with Gasteiger partial charge in [0.25, 0.3) is 11.8 Å². The number of amides is 2. The van der Waals surface area contributed by atoms with Gasteiger partial charge in [-0.15, -0.1) is 11.3 Å². The van der Waals surface area contributed by atoms with Gasteiger partial charge in [0.05, 0.1) is 12.7 Å². The quantitative estimate of drug-likeness (QED) is 0.0711. The standard InChI is InChI=1S/C16H20N8O12S3/c1-16(2,14(27)28)36-22-10(8-6-37-15(17)19-8)12(25)20-11-9(24(13(11)26)38(29,30)31)4-23-18-3-7(21-23)5-35-39(32,33)34/h3,6,9,11H,4-5H2,1-2H3,(H2,17,19)(H,20,25)(H,27,28)(H,29,30,31)(H,32,33,34)/b22-10-/t9-,11+/m1/s1. The van der Waals surface area contributed by atoms with Gasteiger partial charge in [-0.05, 0) is 13.8 Å². The molecule has 2 amide bonds. The lowest BCUT2D eigenvalue weighted by Crippen LogP contribution is -2.73. The number of nitrogens with two attached hydrogens (primary N) is 1. The number of aliphatic carboxylic acids is 1. The highest BCUT2D eigenvalue weighted by Crippen LogP contribution is 2.25. The minimum atomic E-state index is -5.11. The molecule has 2 atom stereocenters. The molecule has 3 heterocycles. The molecule has 0 unspecified atom stereocenters. The van der Waals surface area contributed by atoms with Crippen LogP contribution >= 0.6 is 11.3 Å². The topological polar surface area (TPSA) is 296 Å². The lowest BCUT2D eigenvalue weighted by Gasteiger charge is -2.43. The maximum Gasteiger partial charge on any atom is 0.397 e. The number of carboxylic acids is 1. The highest BCUT2D eigenvalue weighted by atomic mass is 32.3. The molecule has 1 aliphatic heterocycles. The minimum Gasteiger partial charge on any atom is -0.478 e. The van der Waals surface area contributed by atoms with Crippen LogP contribution in [0.25, 0.3) is 0 Å². The molecular weight excluding hydrogens is 592 g/mol. The third-order valence-electron chi connectivity index (χ3n) is 4.85. The first kappa shape index (κ1) is 29.8. The first-order valence-corrected chi connectivity index (χ1v) is 13.9. The van der Waals surface area contributed by atoms with Gasteiger partial charge in [0.1, 0.15) is 30.1 Å². The predicted octanol–water partition coefficient (Wildman–Crippen LogP) is -2.58. The summed E-state index contributed by atoms with van der Waals surface area (Å²) < 4.78 is 67.3. The number of nitrogen functional groups attached to an aromatic ring is 1. The Kier molecular flexibility index (Phi) is 8.23. The molecule has 1 saturated heterocycles. The Morgan fingerprint density at radius 3 is 2.49 bits per heavy atom. The number of anilines is 1. The zero-order valence-electron chi connectivity index (χ0n) is 19.7. The summed E-state index contributed by atoms with van der Waals surface area (Å²) in [5.74, 6) is -3.81. The van der Waals surface area contributed by atoms with Crippen LogP contribution in [-0.4, -0.2) is 96.5 Å². The van der Waals surface area contributed by atoms with Crippen molar-refractivity contribution in [2.75, 3.05) is 5.73 Å². The molecule has 0 spiro atoms. The molecule has 6 N–H and O–H groups in total. The number of carboxylic acid groups (broad SMARTS) is 1. The minimum absolute atomic E-state index is 0.0108. The van der Waals surface area contributed by atoms with E-state index >= 15 is 0 Å². The molecule has 39 heavy (non-hydrogen) atoms. The predicted molar refractivity (Wildman–Crippen MR) is 126 cm³/mol. The third kappa shape index (κ3) is 7.21. The molecule has 23 heteroatoms. The van der Waals surface area contributed by atoms with Crippen LogP contribution < -0.4 is 11.1 Å². The van der Waals surface area contributed by atoms with Crippen LogP contribution in [-0.2, 0) is 57.3 Å². The van der Waals surface area contributed by atoms with E-state index in [2.05, 4.69) is 29.8 Å². The lowest BCUT2D eigenvalue weighted by molar-refractivity contribution is -0.161. The lowest BCUT2D eigenvalue weighted by atomic mass is 9.98. The smallest absolute Gasteiger partial charge is 0.397 e. The largest absolute Gasteiger partial charge is 0.478 e. The molecule has 0 saturated carbocycles. The van der Waals surface area contributed by atoms with Crippen LogP contribution in [0.3, 0.4) is 0 Å². The summed E-state index contributed by atoms with van der Waals surface area (Å²) in [5.41, 5.74) is 2.83. The molecule has 1 aliphatic rings. The van der Waals surface area contributed by atoms with Crippen molar-refractivity contribution in [3.63, 3.8) is 0 Å². The highest BCUT2D eigenvalue weighted by Gasteiger charge is 2.54. The summed E-state index contributed by atoms with van der Waals surface area (Å²) in [6.45, 7) is 1.02. The SMILES string of the molecule is CC(C)(O/N=C(\C(=O)N[C@@H]1C(=O)N(S(=O)(=O)O)[C@@H]1Cn1ncc(COS(=O)(=O)O)n1)c1csc(N)n1)C(=O)O. The second kappa shape index (κ2) is 10.8. The fraction of sp³-hybridized carbons (Fsp3) is 0.438. The first-order chi connectivity index (χ1) is 17.9. The van der Waals surface area contributed by atoms with Crippen molar-refractivity contribution >= 4 is 60.7 Å². The number of nitrogens with one attached hydrogen (secondary N) is 1. The van der Waals surface area contributed by atoms with Crippen LogP contribution in [0.15, 0.2) is 16.7 Å². The van der Waals surface area contributed by atoms with E-state index in [0.717, 1.165) is 36.2 Å². The maximum atomic E-state index is 13.1. The molecule has 2 aromatic heterocycles. The van der Waals surface area contributed by atoms with Crippen molar-refractivity contribution in [3.05, 3.63) is 23.0 Å². The summed E-state index contributed by atoms with van der Waals surface area (Å²) in [4.78, 5) is 46.6. The van der Waals surface area contributed by atoms with Gasteiger partial charge in [0.15, 0.2) is 10.8 Å². The highest BCUT2D eigenvalue weighted by molar-refractivity contribution is 7.84. The summed E-state index contributed by atoms with van der Waals surface area (Å²) in [6.07, 6.45) is 1.01. The van der Waals surface area contributed by atoms with Crippen molar-refractivity contribution in [3.8, 4) is 0 Å². The number of hydrogen-bond acceptors (Lipinski definition) is 15. The number of β-lactam (4-membered cyclic amide) rings is 1. The molecule has 0 radical (unpaired) electrons. The van der Waals surface area contributed by atoms with Crippen molar-refractivity contribution < 1.29 is 54.5 Å². The Morgan fingerprint density at radius 1 is 1.28 bits per heavy atom. The average molecular weight is 613 g/mol. The molecule has 2 aromatic rings. The number of carbonyl (C=O) groups is 3. The van der Waals surface area contributed by atoms with Crippen LogP contribution in [0.4, 0.5) is 5.13 Å². The normalized spacial score (nSPS) is 18.5. The zero-order valence-corrected chi connectivity index (χ0v) is 22.2. The summed E-state index contributed by atoms with van der Waals surface area (Å²) in [5, 5.41) is 23.9. The molecule has 0 aromatic carbocycles. The van der Waals surface area contributed by atoms with E-state index in [1.54, 1.807) is 0 Å². The van der Waals surface area contributed by atoms with Gasteiger partial charge >= 0.3 is 26.7 Å². The summed E-state index contributed by atoms with van der Waals surface area (Å²) in [7, 11) is -9.90. The van der Waals surface area contributed by atoms with Gasteiger partial charge in [-0.1, -0.05) is 5.16 Å². The van der Waals surface area contributed by atoms with E-state index in [4.69, 9.17) is 15.1 Å². The van der Waals surface area contributed by atoms with E-state index in [-0.39, 0.29) is 20.8 Å². The van der Waals surface area contributed by atoms with Crippen molar-refractivity contribution in [1.29, 1.82) is 0 Å². The van der Waals surface area contributed by atoms with E-state index < -0.39 is 75.0 Å². The number of carbonyl (C=O) groups excluding carboxylic acids is 2. The molecule has 3 rings (SSSR count). The third-order valence-corrected chi connectivity index (χ3v) is 6.89. The molecular formula is C16H20N8O12S3. The van der Waals surface area contributed by atoms with Gasteiger partial charge in [0, 0.05) is 5.38 Å². The van der Waals surface area contributed by atoms with Gasteiger partial charge in [-0.25, -0.2) is 18.3 Å². The maximum absolute atomic E-state index is 13.1. The van der Waals surface area contributed by atoms with Crippen LogP contribution in [0.5, 0.6) is 0 Å². The monoisotopic (exact) mass is 612 g/mol. The van der Waals surface area contributed by atoms with Crippen LogP contribution in [0.2, 0.25) is 0 Å². The molecule has 214 valence electrons. The van der Waals surface area contributed by atoms with E-state index in [9.17, 15) is 40.9 Å². The molecule has 20 nitrogen and oxygen atoms in total. The van der Waals surface area contributed by atoms with E-state index in [1.165, 1.54) is 5.38 Å². The summed E-state index contributed by atoms with van der Waals surface area (Å²) in [6, 6.07) is -3.09. The van der Waals surface area contributed by atoms with Crippen LogP contribution in [0, 0.1) is 0 Å². The Morgan fingerprint density at radius 2 is 1.95 bits per heavy atom. The number of hydrogen-bond donors (Lipinski definition) is 5.